The van der Waals surface area contributed by atoms with Gasteiger partial charge in [0.25, 0.3) is 0 Å². The molecule has 9 heteroatoms. The number of para-hydroxylation sites is 1. The Bertz CT molecular complexity index is 843. The van der Waals surface area contributed by atoms with Crippen LogP contribution in [0.25, 0.3) is 10.9 Å². The number of methoxy groups -OCH3 is 1. The number of ether oxygens (including phenoxy) is 2. The van der Waals surface area contributed by atoms with E-state index in [4.69, 9.17) is 5.73 Å². The number of alkyl halides is 3. The van der Waals surface area contributed by atoms with Crippen molar-refractivity contribution in [1.29, 1.82) is 0 Å². The summed E-state index contributed by atoms with van der Waals surface area (Å²) in [6.45, 7) is 1.17. The van der Waals surface area contributed by atoms with Gasteiger partial charge in [-0.25, -0.2) is 0 Å². The van der Waals surface area contributed by atoms with Gasteiger partial charge in [0, 0.05) is 23.5 Å². The van der Waals surface area contributed by atoms with Gasteiger partial charge in [-0.2, -0.15) is 13.2 Å². The third-order valence-electron chi connectivity index (χ3n) is 4.17. The minimum absolute atomic E-state index is 0.156. The van der Waals surface area contributed by atoms with E-state index in [1.54, 1.807) is 30.5 Å². The van der Waals surface area contributed by atoms with E-state index in [0.717, 1.165) is 19.2 Å². The largest absolute Gasteiger partial charge is 0.468 e. The van der Waals surface area contributed by atoms with Crippen molar-refractivity contribution < 1.29 is 32.2 Å². The Labute approximate surface area is 154 Å². The SMILES string of the molecule is COC(=O)C(N)Cc1cn(CC(=O)OC(C)(C)C(F)(F)F)c2ccccc12. The summed E-state index contributed by atoms with van der Waals surface area (Å²) in [4.78, 5) is 23.6. The molecule has 2 aromatic rings. The fourth-order valence-corrected chi connectivity index (χ4v) is 2.60. The number of hydrogen-bond donors (Lipinski definition) is 1. The molecule has 0 aliphatic heterocycles. The predicted molar refractivity (Wildman–Crippen MR) is 91.9 cm³/mol. The van der Waals surface area contributed by atoms with E-state index in [1.807, 2.05) is 0 Å². The first-order valence-electron chi connectivity index (χ1n) is 8.15. The molecule has 1 heterocycles. The van der Waals surface area contributed by atoms with E-state index in [1.165, 1.54) is 11.7 Å². The second kappa shape index (κ2) is 7.59. The number of nitrogens with two attached hydrogens (primary N) is 1. The van der Waals surface area contributed by atoms with Crippen LogP contribution in [0.4, 0.5) is 13.2 Å². The van der Waals surface area contributed by atoms with Crippen molar-refractivity contribution in [3.8, 4) is 0 Å². The smallest absolute Gasteiger partial charge is 0.427 e. The standard InChI is InChI=1S/C18H21F3N2O4/c1-17(2,18(19,20)21)27-15(24)10-23-9-11(8-13(22)16(25)26-3)12-6-4-5-7-14(12)23/h4-7,9,13H,8,10,22H2,1-3H3. The Morgan fingerprint density at radius 3 is 2.44 bits per heavy atom. The highest BCUT2D eigenvalue weighted by Crippen LogP contribution is 2.33. The van der Waals surface area contributed by atoms with Gasteiger partial charge in [-0.1, -0.05) is 18.2 Å². The number of benzene rings is 1. The minimum atomic E-state index is -4.68. The monoisotopic (exact) mass is 386 g/mol. The molecule has 1 unspecified atom stereocenters. The quantitative estimate of drug-likeness (QED) is 0.772. The van der Waals surface area contributed by atoms with Crippen molar-refractivity contribution in [3.05, 3.63) is 36.0 Å². The van der Waals surface area contributed by atoms with Crippen LogP contribution in [0.2, 0.25) is 0 Å². The molecule has 148 valence electrons. The van der Waals surface area contributed by atoms with E-state index in [2.05, 4.69) is 9.47 Å². The molecule has 0 amide bonds. The highest BCUT2D eigenvalue weighted by Gasteiger charge is 2.50. The van der Waals surface area contributed by atoms with Crippen LogP contribution in [-0.4, -0.2) is 41.4 Å². The fraction of sp³-hybridized carbons (Fsp3) is 0.444. The van der Waals surface area contributed by atoms with Gasteiger partial charge in [-0.15, -0.1) is 0 Å². The van der Waals surface area contributed by atoms with Crippen LogP contribution in [0.3, 0.4) is 0 Å². The molecule has 0 fully saturated rings. The number of halogens is 3. The van der Waals surface area contributed by atoms with Crippen LogP contribution in [0.15, 0.2) is 30.5 Å². The maximum atomic E-state index is 12.9. The van der Waals surface area contributed by atoms with Gasteiger partial charge in [0.05, 0.1) is 7.11 Å². The van der Waals surface area contributed by atoms with Crippen LogP contribution < -0.4 is 5.73 Å². The molecular formula is C18H21F3N2O4. The average molecular weight is 386 g/mol. The highest BCUT2D eigenvalue weighted by atomic mass is 19.4. The van der Waals surface area contributed by atoms with Crippen LogP contribution in [0.1, 0.15) is 19.4 Å². The maximum absolute atomic E-state index is 12.9. The second-order valence-electron chi connectivity index (χ2n) is 6.62. The zero-order chi connectivity index (χ0) is 20.4. The lowest BCUT2D eigenvalue weighted by Gasteiger charge is -2.27. The lowest BCUT2D eigenvalue weighted by atomic mass is 10.1. The molecule has 0 radical (unpaired) electrons. The Hall–Kier alpha value is -2.55. The number of rotatable bonds is 6. The summed E-state index contributed by atoms with van der Waals surface area (Å²) >= 11 is 0. The number of nitrogens with zero attached hydrogens (tertiary/aromatic N) is 1. The molecule has 0 aliphatic rings. The summed E-state index contributed by atoms with van der Waals surface area (Å²) in [5.74, 6) is -1.61. The molecule has 0 spiro atoms. The molecule has 0 saturated carbocycles. The van der Waals surface area contributed by atoms with Crippen molar-refractivity contribution in [2.45, 2.75) is 44.6 Å². The van der Waals surface area contributed by atoms with Crippen LogP contribution in [0, 0.1) is 0 Å². The summed E-state index contributed by atoms with van der Waals surface area (Å²) in [6.07, 6.45) is -2.95. The predicted octanol–water partition coefficient (Wildman–Crippen LogP) is 2.57. The molecule has 27 heavy (non-hydrogen) atoms. The number of fused-ring (bicyclic) bond motifs is 1. The normalized spacial score (nSPS) is 13.4. The molecular weight excluding hydrogens is 365 g/mol. The van der Waals surface area contributed by atoms with Crippen LogP contribution >= 0.6 is 0 Å². The maximum Gasteiger partial charge on any atom is 0.427 e. The van der Waals surface area contributed by atoms with Crippen molar-refractivity contribution in [2.24, 2.45) is 5.73 Å². The van der Waals surface area contributed by atoms with E-state index in [-0.39, 0.29) is 6.42 Å². The van der Waals surface area contributed by atoms with E-state index < -0.39 is 36.3 Å². The van der Waals surface area contributed by atoms with Gasteiger partial charge >= 0.3 is 18.1 Å². The number of hydrogen-bond acceptors (Lipinski definition) is 5. The van der Waals surface area contributed by atoms with Crippen molar-refractivity contribution in [2.75, 3.05) is 7.11 Å². The van der Waals surface area contributed by atoms with Gasteiger partial charge < -0.3 is 19.8 Å². The van der Waals surface area contributed by atoms with Crippen molar-refractivity contribution in [3.63, 3.8) is 0 Å². The first kappa shape index (κ1) is 20.8. The lowest BCUT2D eigenvalue weighted by Crippen LogP contribution is -2.44. The fourth-order valence-electron chi connectivity index (χ4n) is 2.60. The third kappa shape index (κ3) is 4.60. The first-order valence-corrected chi connectivity index (χ1v) is 8.15. The lowest BCUT2D eigenvalue weighted by molar-refractivity contribution is -0.257. The van der Waals surface area contributed by atoms with E-state index >= 15 is 0 Å². The molecule has 0 aliphatic carbocycles. The van der Waals surface area contributed by atoms with Crippen molar-refractivity contribution >= 4 is 22.8 Å². The molecule has 6 nitrogen and oxygen atoms in total. The molecule has 2 rings (SSSR count). The summed E-state index contributed by atoms with van der Waals surface area (Å²) in [6, 6.07) is 6.09. The molecule has 1 aromatic carbocycles. The van der Waals surface area contributed by atoms with Crippen LogP contribution in [0.5, 0.6) is 0 Å². The van der Waals surface area contributed by atoms with Gasteiger partial charge in [0.15, 0.2) is 0 Å². The number of esters is 2. The number of carbonyl (C=O) groups excluding carboxylic acids is 2. The summed E-state index contributed by atoms with van der Waals surface area (Å²) < 4.78 is 49.4. The molecule has 0 bridgehead atoms. The number of carbonyl (C=O) groups is 2. The van der Waals surface area contributed by atoms with E-state index in [9.17, 15) is 22.8 Å². The topological polar surface area (TPSA) is 83.5 Å². The molecule has 2 N–H and O–H groups in total. The Morgan fingerprint density at radius 1 is 1.22 bits per heavy atom. The second-order valence-corrected chi connectivity index (χ2v) is 6.62. The molecule has 1 aromatic heterocycles. The van der Waals surface area contributed by atoms with Gasteiger partial charge in [-0.3, -0.25) is 9.59 Å². The van der Waals surface area contributed by atoms with E-state index in [0.29, 0.717) is 11.1 Å². The third-order valence-corrected chi connectivity index (χ3v) is 4.17. The first-order chi connectivity index (χ1) is 12.5. The summed E-state index contributed by atoms with van der Waals surface area (Å²) in [7, 11) is 1.23. The Kier molecular flexibility index (Phi) is 5.84. The summed E-state index contributed by atoms with van der Waals surface area (Å²) in [5, 5.41) is 0.736. The zero-order valence-electron chi connectivity index (χ0n) is 15.2. The van der Waals surface area contributed by atoms with Gasteiger partial charge in [0.1, 0.15) is 12.6 Å². The summed E-state index contributed by atoms with van der Waals surface area (Å²) in [5.41, 5.74) is 4.49. The van der Waals surface area contributed by atoms with Crippen molar-refractivity contribution in [1.82, 2.24) is 4.57 Å². The highest BCUT2D eigenvalue weighted by molar-refractivity contribution is 5.86. The Morgan fingerprint density at radius 2 is 1.85 bits per heavy atom. The molecule has 0 saturated heterocycles. The van der Waals surface area contributed by atoms with Crippen LogP contribution in [-0.2, 0) is 32.0 Å². The molecule has 1 atom stereocenters. The Balaban J connectivity index is 2.26. The average Bonchev–Trinajstić information content (AvgIpc) is 2.90. The zero-order valence-corrected chi connectivity index (χ0v) is 15.2. The van der Waals surface area contributed by atoms with Gasteiger partial charge in [0.2, 0.25) is 5.60 Å². The minimum Gasteiger partial charge on any atom is -0.468 e. The number of aromatic nitrogens is 1. The van der Waals surface area contributed by atoms with Gasteiger partial charge in [-0.05, 0) is 25.5 Å².